The summed E-state index contributed by atoms with van der Waals surface area (Å²) >= 11 is 0. The Morgan fingerprint density at radius 1 is 1.73 bits per heavy atom. The molecule has 1 aromatic heterocycles. The highest BCUT2D eigenvalue weighted by atomic mass is 32.2. The topological polar surface area (TPSA) is 112 Å². The van der Waals surface area contributed by atoms with Gasteiger partial charge in [-0.15, -0.1) is 0 Å². The molecule has 0 aliphatic heterocycles. The maximum absolute atomic E-state index is 11.5. The van der Waals surface area contributed by atoms with Crippen LogP contribution in [0, 0.1) is 5.92 Å². The maximum atomic E-state index is 11.5. The Hall–Kier alpha value is -1.41. The second kappa shape index (κ2) is 4.41. The van der Waals surface area contributed by atoms with Crippen LogP contribution in [0.2, 0.25) is 0 Å². The Morgan fingerprint density at radius 2 is 2.40 bits per heavy atom. The third kappa shape index (κ3) is 3.03. The van der Waals surface area contributed by atoms with Gasteiger partial charge in [-0.1, -0.05) is 6.92 Å². The number of carboxylic acid groups (broad SMARTS) is 1. The minimum Gasteiger partial charge on any atom is -0.481 e. The lowest BCUT2D eigenvalue weighted by Gasteiger charge is -2.07. The molecule has 1 heterocycles. The van der Waals surface area contributed by atoms with E-state index in [1.807, 2.05) is 0 Å². The Labute approximate surface area is 86.6 Å². The van der Waals surface area contributed by atoms with Gasteiger partial charge in [0.2, 0.25) is 10.0 Å². The molecular weight excluding hydrogens is 222 g/mol. The van der Waals surface area contributed by atoms with Crippen molar-refractivity contribution in [3.8, 4) is 0 Å². The normalized spacial score (nSPS) is 13.7. The molecule has 0 saturated carbocycles. The van der Waals surface area contributed by atoms with E-state index in [1.54, 1.807) is 0 Å². The maximum Gasteiger partial charge on any atom is 0.307 e. The third-order valence-corrected chi connectivity index (χ3v) is 3.18. The minimum absolute atomic E-state index is 0.0138. The number of aliphatic carboxylic acids is 1. The summed E-state index contributed by atoms with van der Waals surface area (Å²) in [7, 11) is -3.65. The highest BCUT2D eigenvalue weighted by Gasteiger charge is 2.18. The van der Waals surface area contributed by atoms with Crippen LogP contribution in [0.5, 0.6) is 0 Å². The SMILES string of the molecule is CC(CNS(=O)(=O)c1cn[nH]c1)C(=O)O. The lowest BCUT2D eigenvalue weighted by Crippen LogP contribution is -2.31. The van der Waals surface area contributed by atoms with Gasteiger partial charge in [-0.2, -0.15) is 5.10 Å². The number of carboxylic acids is 1. The zero-order valence-electron chi connectivity index (χ0n) is 7.97. The van der Waals surface area contributed by atoms with E-state index in [-0.39, 0.29) is 11.4 Å². The predicted molar refractivity (Wildman–Crippen MR) is 50.6 cm³/mol. The first-order valence-corrected chi connectivity index (χ1v) is 5.63. The van der Waals surface area contributed by atoms with Crippen LogP contribution in [0.3, 0.4) is 0 Å². The van der Waals surface area contributed by atoms with E-state index in [2.05, 4.69) is 14.9 Å². The first-order valence-electron chi connectivity index (χ1n) is 4.14. The zero-order chi connectivity index (χ0) is 11.5. The van der Waals surface area contributed by atoms with Gasteiger partial charge in [0.15, 0.2) is 0 Å². The molecule has 0 aliphatic carbocycles. The first kappa shape index (κ1) is 11.7. The molecule has 84 valence electrons. The molecule has 0 spiro atoms. The smallest absolute Gasteiger partial charge is 0.307 e. The van der Waals surface area contributed by atoms with Crippen LogP contribution in [-0.4, -0.2) is 36.2 Å². The fourth-order valence-electron chi connectivity index (χ4n) is 0.791. The van der Waals surface area contributed by atoms with Crippen molar-refractivity contribution in [3.63, 3.8) is 0 Å². The number of rotatable bonds is 5. The van der Waals surface area contributed by atoms with Crippen LogP contribution >= 0.6 is 0 Å². The summed E-state index contributed by atoms with van der Waals surface area (Å²) < 4.78 is 25.1. The fraction of sp³-hybridized carbons (Fsp3) is 0.429. The Bertz CT molecular complexity index is 425. The van der Waals surface area contributed by atoms with E-state index in [0.717, 1.165) is 6.20 Å². The van der Waals surface area contributed by atoms with Crippen molar-refractivity contribution in [1.29, 1.82) is 0 Å². The van der Waals surface area contributed by atoms with Crippen molar-refractivity contribution in [2.24, 2.45) is 5.92 Å². The van der Waals surface area contributed by atoms with E-state index in [9.17, 15) is 13.2 Å². The Kier molecular flexibility index (Phi) is 3.43. The number of sulfonamides is 1. The lowest BCUT2D eigenvalue weighted by atomic mass is 10.2. The summed E-state index contributed by atoms with van der Waals surface area (Å²) in [6.45, 7) is 1.27. The van der Waals surface area contributed by atoms with Crippen molar-refractivity contribution >= 4 is 16.0 Å². The van der Waals surface area contributed by atoms with Gasteiger partial charge in [0.25, 0.3) is 0 Å². The number of aromatic amines is 1. The summed E-state index contributed by atoms with van der Waals surface area (Å²) in [5.41, 5.74) is 0. The van der Waals surface area contributed by atoms with Gasteiger partial charge in [-0.3, -0.25) is 9.89 Å². The number of nitrogens with zero attached hydrogens (tertiary/aromatic N) is 1. The molecule has 3 N–H and O–H groups in total. The van der Waals surface area contributed by atoms with E-state index >= 15 is 0 Å². The van der Waals surface area contributed by atoms with E-state index in [1.165, 1.54) is 13.1 Å². The molecule has 0 aromatic carbocycles. The molecule has 0 amide bonds. The van der Waals surface area contributed by atoms with Crippen LogP contribution in [0.15, 0.2) is 17.3 Å². The van der Waals surface area contributed by atoms with Gasteiger partial charge in [0, 0.05) is 12.7 Å². The number of aromatic nitrogens is 2. The predicted octanol–water partition coefficient (Wildman–Crippen LogP) is -0.591. The van der Waals surface area contributed by atoms with Crippen molar-refractivity contribution in [1.82, 2.24) is 14.9 Å². The molecule has 15 heavy (non-hydrogen) atoms. The second-order valence-electron chi connectivity index (χ2n) is 3.03. The number of hydrogen-bond acceptors (Lipinski definition) is 4. The zero-order valence-corrected chi connectivity index (χ0v) is 8.78. The highest BCUT2D eigenvalue weighted by molar-refractivity contribution is 7.89. The monoisotopic (exact) mass is 233 g/mol. The van der Waals surface area contributed by atoms with Crippen LogP contribution in [0.4, 0.5) is 0 Å². The summed E-state index contributed by atoms with van der Waals surface area (Å²) in [6.07, 6.45) is 2.36. The summed E-state index contributed by atoms with van der Waals surface area (Å²) in [6, 6.07) is 0. The van der Waals surface area contributed by atoms with Gasteiger partial charge in [-0.05, 0) is 0 Å². The van der Waals surface area contributed by atoms with E-state index in [0.29, 0.717) is 0 Å². The van der Waals surface area contributed by atoms with Crippen molar-refractivity contribution in [3.05, 3.63) is 12.4 Å². The van der Waals surface area contributed by atoms with Crippen molar-refractivity contribution in [2.45, 2.75) is 11.8 Å². The number of carbonyl (C=O) groups is 1. The molecule has 1 rings (SSSR count). The van der Waals surface area contributed by atoms with Gasteiger partial charge in [0.1, 0.15) is 4.90 Å². The standard InChI is InChI=1S/C7H11N3O4S/c1-5(7(11)12)2-10-15(13,14)6-3-8-9-4-6/h3-5,10H,2H2,1H3,(H,8,9)(H,11,12). The molecule has 0 radical (unpaired) electrons. The van der Waals surface area contributed by atoms with Crippen LogP contribution in [-0.2, 0) is 14.8 Å². The van der Waals surface area contributed by atoms with Crippen LogP contribution in [0.25, 0.3) is 0 Å². The molecule has 8 heteroatoms. The average Bonchev–Trinajstić information content (AvgIpc) is 2.67. The Morgan fingerprint density at radius 3 is 2.87 bits per heavy atom. The highest BCUT2D eigenvalue weighted by Crippen LogP contribution is 2.04. The molecule has 0 bridgehead atoms. The molecular formula is C7H11N3O4S. The molecule has 0 aliphatic rings. The van der Waals surface area contributed by atoms with Crippen molar-refractivity contribution in [2.75, 3.05) is 6.54 Å². The largest absolute Gasteiger partial charge is 0.481 e. The Balaban J connectivity index is 2.63. The van der Waals surface area contributed by atoms with Gasteiger partial charge in [0.05, 0.1) is 12.1 Å². The van der Waals surface area contributed by atoms with Gasteiger partial charge in [-0.25, -0.2) is 13.1 Å². The lowest BCUT2D eigenvalue weighted by molar-refractivity contribution is -0.140. The number of H-pyrrole nitrogens is 1. The van der Waals surface area contributed by atoms with Crippen LogP contribution in [0.1, 0.15) is 6.92 Å². The summed E-state index contributed by atoms with van der Waals surface area (Å²) in [5.74, 6) is -1.82. The van der Waals surface area contributed by atoms with Crippen LogP contribution < -0.4 is 4.72 Å². The molecule has 7 nitrogen and oxygen atoms in total. The quantitative estimate of drug-likeness (QED) is 0.629. The van der Waals surface area contributed by atoms with Gasteiger partial charge >= 0.3 is 5.97 Å². The van der Waals surface area contributed by atoms with Crippen molar-refractivity contribution < 1.29 is 18.3 Å². The summed E-state index contributed by atoms with van der Waals surface area (Å²) in [5, 5.41) is 14.4. The number of nitrogens with one attached hydrogen (secondary N) is 2. The molecule has 1 aromatic rings. The molecule has 1 atom stereocenters. The average molecular weight is 233 g/mol. The third-order valence-electron chi connectivity index (χ3n) is 1.78. The van der Waals surface area contributed by atoms with E-state index < -0.39 is 21.9 Å². The van der Waals surface area contributed by atoms with E-state index in [4.69, 9.17) is 5.11 Å². The first-order chi connectivity index (χ1) is 6.93. The number of hydrogen-bond donors (Lipinski definition) is 3. The summed E-state index contributed by atoms with van der Waals surface area (Å²) in [4.78, 5) is 10.4. The molecule has 1 unspecified atom stereocenters. The minimum atomic E-state index is -3.65. The second-order valence-corrected chi connectivity index (χ2v) is 4.79. The fourth-order valence-corrected chi connectivity index (χ4v) is 1.83. The molecule has 0 saturated heterocycles. The molecule has 0 fully saturated rings. The van der Waals surface area contributed by atoms with Gasteiger partial charge < -0.3 is 5.11 Å².